The van der Waals surface area contributed by atoms with Gasteiger partial charge in [-0.25, -0.2) is 4.79 Å². The Kier molecular flexibility index (Phi) is 6.81. The lowest BCUT2D eigenvalue weighted by atomic mass is 9.60. The monoisotopic (exact) mass is 454 g/mol. The van der Waals surface area contributed by atoms with Gasteiger partial charge in [-0.05, 0) is 79.3 Å². The first-order valence-electron chi connectivity index (χ1n) is 12.9. The highest BCUT2D eigenvalue weighted by Gasteiger charge is 2.51. The summed E-state index contributed by atoms with van der Waals surface area (Å²) in [5.41, 5.74) is 4.13. The van der Waals surface area contributed by atoms with E-state index in [9.17, 15) is 15.0 Å². The van der Waals surface area contributed by atoms with Gasteiger partial charge in [-0.1, -0.05) is 58.6 Å². The fraction of sp³-hybridized carbons (Fsp3) is 0.690. The van der Waals surface area contributed by atoms with Crippen LogP contribution in [0.1, 0.15) is 72.6 Å². The van der Waals surface area contributed by atoms with E-state index in [1.807, 2.05) is 6.92 Å². The van der Waals surface area contributed by atoms with Crippen molar-refractivity contribution in [2.75, 3.05) is 0 Å². The molecule has 4 nitrogen and oxygen atoms in total. The molecule has 0 bridgehead atoms. The van der Waals surface area contributed by atoms with Crippen LogP contribution in [0.2, 0.25) is 0 Å². The van der Waals surface area contributed by atoms with Crippen LogP contribution in [0.4, 0.5) is 0 Å². The molecule has 4 fully saturated rings. The third kappa shape index (κ3) is 4.30. The van der Waals surface area contributed by atoms with Crippen molar-refractivity contribution in [2.45, 2.75) is 91.0 Å². The summed E-state index contributed by atoms with van der Waals surface area (Å²) >= 11 is 0. The van der Waals surface area contributed by atoms with E-state index in [-0.39, 0.29) is 29.3 Å². The molecule has 3 saturated carbocycles. The number of aliphatic hydroxyl groups excluding tert-OH is 2. The van der Waals surface area contributed by atoms with Crippen molar-refractivity contribution in [3.8, 4) is 0 Å². The van der Waals surface area contributed by atoms with E-state index < -0.39 is 12.2 Å². The number of allylic oxidation sites excluding steroid dienone is 3. The molecule has 1 heterocycles. The number of ether oxygens (including phenoxy) is 1. The summed E-state index contributed by atoms with van der Waals surface area (Å²) in [5, 5.41) is 20.8. The number of cyclic esters (lactones) is 1. The lowest BCUT2D eigenvalue weighted by Gasteiger charge is -2.44. The van der Waals surface area contributed by atoms with Crippen LogP contribution in [0.5, 0.6) is 0 Å². The first kappa shape index (κ1) is 24.5. The van der Waals surface area contributed by atoms with Crippen molar-refractivity contribution in [1.82, 2.24) is 0 Å². The summed E-state index contributed by atoms with van der Waals surface area (Å²) in [4.78, 5) is 11.9. The highest BCUT2D eigenvalue weighted by atomic mass is 16.6. The van der Waals surface area contributed by atoms with Crippen molar-refractivity contribution in [3.63, 3.8) is 0 Å². The maximum Gasteiger partial charge on any atom is 0.334 e. The Morgan fingerprint density at radius 2 is 1.91 bits per heavy atom. The SMILES string of the molecule is C=C1C(=CC=C2CCC[C@]3(C)[C@@H]([C@H](C)C[C@H]4OC(=O)C(=C)[C@@H]4C)CC[C@@H]23)C[C@@H](O)[C@H](C)[C@@H]1O. The Bertz CT molecular complexity index is 882. The Morgan fingerprint density at radius 1 is 1.18 bits per heavy atom. The predicted octanol–water partition coefficient (Wildman–Crippen LogP) is 5.52. The number of carbonyl (C=O) groups is 1. The highest BCUT2D eigenvalue weighted by molar-refractivity contribution is 5.90. The van der Waals surface area contributed by atoms with Crippen molar-refractivity contribution in [2.24, 2.45) is 35.0 Å². The molecule has 1 saturated heterocycles. The zero-order valence-corrected chi connectivity index (χ0v) is 20.8. The zero-order chi connectivity index (χ0) is 24.1. The highest BCUT2D eigenvalue weighted by Crippen LogP contribution is 2.60. The minimum Gasteiger partial charge on any atom is -0.458 e. The van der Waals surface area contributed by atoms with Gasteiger partial charge in [-0.15, -0.1) is 0 Å². The van der Waals surface area contributed by atoms with Crippen LogP contribution >= 0.6 is 0 Å². The van der Waals surface area contributed by atoms with E-state index in [0.717, 1.165) is 24.0 Å². The van der Waals surface area contributed by atoms with E-state index in [2.05, 4.69) is 46.1 Å². The molecule has 3 aliphatic carbocycles. The van der Waals surface area contributed by atoms with Crippen LogP contribution in [-0.2, 0) is 9.53 Å². The molecule has 0 amide bonds. The standard InChI is InChI=1S/C29H42O4/c1-16(14-26-17(2)18(3)28(32)33-26)23-11-12-24-21(8-7-13-29(23,24)6)9-10-22-15-25(30)20(5)27(31)19(22)4/h9-10,16-17,20,23-27,30-31H,3-4,7-8,11-15H2,1-2,5-6H3/t16-,17+,20+,23-,24+,25-,26-,27-,29-/m1/s1. The van der Waals surface area contributed by atoms with Gasteiger partial charge in [0.1, 0.15) is 6.10 Å². The third-order valence-corrected chi connectivity index (χ3v) is 9.76. The minimum absolute atomic E-state index is 0.0384. The lowest BCUT2D eigenvalue weighted by molar-refractivity contribution is -0.140. The van der Waals surface area contributed by atoms with Gasteiger partial charge < -0.3 is 14.9 Å². The van der Waals surface area contributed by atoms with Crippen LogP contribution < -0.4 is 0 Å². The van der Waals surface area contributed by atoms with Crippen molar-refractivity contribution in [3.05, 3.63) is 47.6 Å². The fourth-order valence-corrected chi connectivity index (χ4v) is 7.37. The zero-order valence-electron chi connectivity index (χ0n) is 20.8. The van der Waals surface area contributed by atoms with Crippen LogP contribution in [0.25, 0.3) is 0 Å². The second-order valence-electron chi connectivity index (χ2n) is 11.6. The number of rotatable bonds is 4. The second-order valence-corrected chi connectivity index (χ2v) is 11.6. The molecule has 182 valence electrons. The van der Waals surface area contributed by atoms with Gasteiger partial charge >= 0.3 is 5.97 Å². The number of aliphatic hydroxyl groups is 2. The predicted molar refractivity (Wildman–Crippen MR) is 131 cm³/mol. The van der Waals surface area contributed by atoms with Gasteiger partial charge in [0.2, 0.25) is 0 Å². The van der Waals surface area contributed by atoms with Crippen LogP contribution in [0, 0.1) is 35.0 Å². The summed E-state index contributed by atoms with van der Waals surface area (Å²) < 4.78 is 5.64. The van der Waals surface area contributed by atoms with E-state index >= 15 is 0 Å². The summed E-state index contributed by atoms with van der Waals surface area (Å²) in [7, 11) is 0. The number of fused-ring (bicyclic) bond motifs is 1. The number of hydrogen-bond donors (Lipinski definition) is 2. The third-order valence-electron chi connectivity index (χ3n) is 9.76. The molecule has 0 radical (unpaired) electrons. The quantitative estimate of drug-likeness (QED) is 0.434. The van der Waals surface area contributed by atoms with E-state index in [1.165, 1.54) is 31.3 Å². The number of carbonyl (C=O) groups excluding carboxylic acids is 1. The van der Waals surface area contributed by atoms with Crippen molar-refractivity contribution in [1.29, 1.82) is 0 Å². The van der Waals surface area contributed by atoms with Gasteiger partial charge in [0.25, 0.3) is 0 Å². The number of hydrogen-bond acceptors (Lipinski definition) is 4. The fourth-order valence-electron chi connectivity index (χ4n) is 7.37. The van der Waals surface area contributed by atoms with E-state index in [0.29, 0.717) is 29.7 Å². The first-order chi connectivity index (χ1) is 15.5. The summed E-state index contributed by atoms with van der Waals surface area (Å²) in [5.74, 6) is 1.40. The number of esters is 1. The molecular weight excluding hydrogens is 412 g/mol. The van der Waals surface area contributed by atoms with Crippen LogP contribution in [-0.4, -0.2) is 34.5 Å². The molecule has 33 heavy (non-hydrogen) atoms. The van der Waals surface area contributed by atoms with Gasteiger partial charge in [0.05, 0.1) is 12.2 Å². The molecule has 2 N–H and O–H groups in total. The van der Waals surface area contributed by atoms with Crippen LogP contribution in [0.15, 0.2) is 47.6 Å². The molecule has 0 unspecified atom stereocenters. The van der Waals surface area contributed by atoms with Gasteiger partial charge in [0.15, 0.2) is 0 Å². The maximum atomic E-state index is 11.9. The molecular formula is C29H42O4. The molecule has 1 aliphatic heterocycles. The Morgan fingerprint density at radius 3 is 2.58 bits per heavy atom. The van der Waals surface area contributed by atoms with Crippen molar-refractivity contribution >= 4 is 5.97 Å². The summed E-state index contributed by atoms with van der Waals surface area (Å²) in [6, 6.07) is 0. The smallest absolute Gasteiger partial charge is 0.334 e. The molecule has 0 spiro atoms. The van der Waals surface area contributed by atoms with E-state index in [4.69, 9.17) is 4.74 Å². The molecule has 9 atom stereocenters. The average Bonchev–Trinajstić information content (AvgIpc) is 3.25. The van der Waals surface area contributed by atoms with Gasteiger partial charge in [0, 0.05) is 17.4 Å². The topological polar surface area (TPSA) is 66.8 Å². The van der Waals surface area contributed by atoms with E-state index in [1.54, 1.807) is 0 Å². The Balaban J connectivity index is 1.49. The second kappa shape index (κ2) is 9.19. The van der Waals surface area contributed by atoms with Gasteiger partial charge in [-0.3, -0.25) is 0 Å². The average molecular weight is 455 g/mol. The first-order valence-corrected chi connectivity index (χ1v) is 12.9. The normalized spacial score (nSPS) is 44.9. The molecule has 0 aromatic heterocycles. The molecule has 0 aromatic carbocycles. The lowest BCUT2D eigenvalue weighted by Crippen LogP contribution is -2.37. The van der Waals surface area contributed by atoms with Crippen molar-refractivity contribution < 1.29 is 19.7 Å². The molecule has 4 rings (SSSR count). The summed E-state index contributed by atoms with van der Waals surface area (Å²) in [6.07, 6.45) is 10.6. The van der Waals surface area contributed by atoms with Crippen LogP contribution in [0.3, 0.4) is 0 Å². The maximum absolute atomic E-state index is 11.9. The minimum atomic E-state index is -0.671. The molecule has 0 aromatic rings. The Labute approximate surface area is 199 Å². The van der Waals surface area contributed by atoms with Gasteiger partial charge in [-0.2, -0.15) is 0 Å². The Hall–Kier alpha value is -1.65. The summed E-state index contributed by atoms with van der Waals surface area (Å²) in [6.45, 7) is 16.8. The molecule has 4 aliphatic rings. The largest absolute Gasteiger partial charge is 0.458 e. The molecule has 4 heteroatoms.